The molecule has 0 atom stereocenters. The third-order valence-electron chi connectivity index (χ3n) is 1.90. The Hall–Kier alpha value is -1.37. The lowest BCUT2D eigenvalue weighted by Crippen LogP contribution is -2.34. The molecule has 0 amide bonds. The zero-order valence-electron chi connectivity index (χ0n) is 11.7. The Morgan fingerprint density at radius 1 is 1.09 bits per heavy atom. The Labute approximate surface area is 131 Å². The van der Waals surface area contributed by atoms with Crippen LogP contribution in [0.3, 0.4) is 0 Å². The van der Waals surface area contributed by atoms with Crippen molar-refractivity contribution in [1.82, 2.24) is 0 Å². The molecule has 0 aliphatic carbocycles. The fourth-order valence-corrected chi connectivity index (χ4v) is 0.917. The molecule has 0 saturated carbocycles. The minimum Gasteiger partial charge on any atom is -0.416 e. The van der Waals surface area contributed by atoms with E-state index in [9.17, 15) is 26.3 Å². The van der Waals surface area contributed by atoms with Gasteiger partial charge in [-0.3, -0.25) is 0 Å². The van der Waals surface area contributed by atoms with E-state index in [0.717, 1.165) is 6.54 Å². The van der Waals surface area contributed by atoms with Gasteiger partial charge in [0.15, 0.2) is 11.9 Å². The van der Waals surface area contributed by atoms with Crippen LogP contribution in [0.15, 0.2) is 24.4 Å². The second-order valence-electron chi connectivity index (χ2n) is 3.53. The van der Waals surface area contributed by atoms with Gasteiger partial charge in [-0.05, 0) is 6.92 Å². The van der Waals surface area contributed by atoms with Crippen LogP contribution in [0, 0.1) is 6.92 Å². The molecule has 0 aliphatic rings. The summed E-state index contributed by atoms with van der Waals surface area (Å²) < 4.78 is 101. The minimum absolute atomic E-state index is 1.06. The normalized spacial score (nSPS) is 11.4. The van der Waals surface area contributed by atoms with Crippen molar-refractivity contribution in [2.75, 3.05) is 0 Å². The highest BCUT2D eigenvalue weighted by Crippen LogP contribution is 2.14. The second-order valence-corrected chi connectivity index (χ2v) is 5.49. The first-order valence-corrected chi connectivity index (χ1v) is 7.81. The number of aromatic nitrogens is 1. The first-order chi connectivity index (χ1) is 10.2. The van der Waals surface area contributed by atoms with Gasteiger partial charge in [0.05, 0.1) is 0 Å². The molecule has 1 rings (SSSR count). The van der Waals surface area contributed by atoms with Gasteiger partial charge in [0.25, 0.3) is 0 Å². The molecule has 13 heteroatoms. The van der Waals surface area contributed by atoms with Crippen molar-refractivity contribution < 1.29 is 47.7 Å². The Kier molecular flexibility index (Phi) is 10.8. The molecule has 0 unspecified atom stereocenters. The van der Waals surface area contributed by atoms with Crippen LogP contribution in [-0.4, -0.2) is 19.4 Å². The zero-order valence-corrected chi connectivity index (χ0v) is 13.4. The van der Waals surface area contributed by atoms with Crippen LogP contribution in [0.25, 0.3) is 0 Å². The Bertz CT molecular complexity index is 575. The van der Waals surface area contributed by atoms with Crippen LogP contribution in [0.4, 0.5) is 26.3 Å². The molecule has 0 aromatic carbocycles. The Morgan fingerprint density at radius 2 is 1.48 bits per heavy atom. The van der Waals surface area contributed by atoms with Gasteiger partial charge < -0.3 is 8.42 Å². The van der Waals surface area contributed by atoms with Crippen molar-refractivity contribution in [3.63, 3.8) is 0 Å². The van der Waals surface area contributed by atoms with Crippen molar-refractivity contribution >= 4 is 21.4 Å². The second kappa shape index (κ2) is 10.4. The smallest absolute Gasteiger partial charge is 0.416 e. The molecular weight excluding hydrogens is 376 g/mol. The number of nitrogens with zero attached hydrogens (tertiary/aromatic N) is 1. The van der Waals surface area contributed by atoms with Gasteiger partial charge in [0.1, 0.15) is 6.54 Å². The third-order valence-corrected chi connectivity index (χ3v) is 2.70. The van der Waals surface area contributed by atoms with Gasteiger partial charge in [-0.2, -0.15) is 26.3 Å². The van der Waals surface area contributed by atoms with Crippen LogP contribution in [-0.2, 0) is 36.4 Å². The number of hydrogen-bond donors (Lipinski definition) is 1. The van der Waals surface area contributed by atoms with Crippen molar-refractivity contribution in [2.45, 2.75) is 31.4 Å². The van der Waals surface area contributed by atoms with Gasteiger partial charge in [-0.25, -0.2) is 13.0 Å². The molecule has 1 aromatic heterocycles. The molecule has 0 bridgehead atoms. The van der Waals surface area contributed by atoms with Crippen molar-refractivity contribution in [3.8, 4) is 0 Å². The predicted octanol–water partition coefficient (Wildman–Crippen LogP) is 2.24. The molecule has 136 valence electrons. The lowest BCUT2D eigenvalue weighted by atomic mass is 10.4. The van der Waals surface area contributed by atoms with Crippen LogP contribution in [0.2, 0.25) is 0 Å². The van der Waals surface area contributed by atoms with Crippen LogP contribution >= 0.6 is 0 Å². The first kappa shape index (κ1) is 23.9. The highest BCUT2D eigenvalue weighted by atomic mass is 32.2. The fraction of sp³-hybridized carbons (Fsp3) is 0.500. The monoisotopic (exact) mass is 389 g/mol. The molecule has 5 nitrogen and oxygen atoms in total. The fourth-order valence-electron chi connectivity index (χ4n) is 0.917. The van der Waals surface area contributed by atoms with Gasteiger partial charge >= 0.3 is 11.0 Å². The average Bonchev–Trinajstić information content (AvgIpc) is 2.38. The summed E-state index contributed by atoms with van der Waals surface area (Å²) in [5.74, 6) is 0. The van der Waals surface area contributed by atoms with E-state index in [2.05, 4.69) is 42.8 Å². The van der Waals surface area contributed by atoms with E-state index in [1.54, 1.807) is 0 Å². The lowest BCUT2D eigenvalue weighted by Gasteiger charge is -2.00. The highest BCUT2D eigenvalue weighted by Gasteiger charge is 2.31. The summed E-state index contributed by atoms with van der Waals surface area (Å²) in [7, 11) is -8.17. The largest absolute Gasteiger partial charge is 0.494 e. The number of thiol groups is 1. The number of pyridine rings is 1. The maximum atomic E-state index is 10.6. The summed E-state index contributed by atoms with van der Waals surface area (Å²) in [4.78, 5) is 0. The van der Waals surface area contributed by atoms with Crippen LogP contribution < -0.4 is 4.57 Å². The summed E-state index contributed by atoms with van der Waals surface area (Å²) >= 11 is 0. The maximum Gasteiger partial charge on any atom is 0.494 e. The Morgan fingerprint density at radius 3 is 1.65 bits per heavy atom. The topological polar surface area (TPSA) is 72.2 Å². The molecule has 1 aromatic rings. The quantitative estimate of drug-likeness (QED) is 0.346. The standard InChI is InChI=1S/C8H12N.CHF3O2S.CF3O2S/c1-3-9-7-5-4-6-8(9)2;2*2-1(3,4)7(5)6/h4-7H,3H2,1-2H3;7H;/q+1;;-1. The van der Waals surface area contributed by atoms with E-state index in [0.29, 0.717) is 0 Å². The Balaban J connectivity index is 0. The summed E-state index contributed by atoms with van der Waals surface area (Å²) in [5, 5.41) is 0. The van der Waals surface area contributed by atoms with Gasteiger partial charge in [0.2, 0.25) is 10.7 Å². The third kappa shape index (κ3) is 12.8. The first-order valence-electron chi connectivity index (χ1n) is 5.55. The summed E-state index contributed by atoms with van der Waals surface area (Å²) in [5.41, 5.74) is -8.81. The number of rotatable bonds is 1. The predicted molar refractivity (Wildman–Crippen MR) is 68.2 cm³/mol. The zero-order chi connectivity index (χ0) is 18.8. The van der Waals surface area contributed by atoms with Gasteiger partial charge in [-0.1, -0.05) is 6.07 Å². The molecule has 0 saturated heterocycles. The summed E-state index contributed by atoms with van der Waals surface area (Å²) in [6.07, 6.45) is 2.09. The number of halogens is 6. The van der Waals surface area contributed by atoms with Crippen molar-refractivity contribution in [1.29, 1.82) is 0 Å². The number of alkyl halides is 6. The highest BCUT2D eigenvalue weighted by molar-refractivity contribution is 7.73. The average molecular weight is 389 g/mol. The molecule has 0 aliphatic heterocycles. The summed E-state index contributed by atoms with van der Waals surface area (Å²) in [6, 6.07) is 6.22. The summed E-state index contributed by atoms with van der Waals surface area (Å²) in [6.45, 7) is 5.32. The van der Waals surface area contributed by atoms with Crippen molar-refractivity contribution in [2.24, 2.45) is 0 Å². The lowest BCUT2D eigenvalue weighted by molar-refractivity contribution is -0.699. The molecular formula is C10H13F6NO4S2. The van der Waals surface area contributed by atoms with E-state index >= 15 is 0 Å². The van der Waals surface area contributed by atoms with Crippen LogP contribution in [0.1, 0.15) is 12.6 Å². The van der Waals surface area contributed by atoms with E-state index in [4.69, 9.17) is 16.8 Å². The number of hydrogen-bond acceptors (Lipinski definition) is 5. The molecule has 0 radical (unpaired) electrons. The molecule has 0 fully saturated rings. The molecule has 23 heavy (non-hydrogen) atoms. The van der Waals surface area contributed by atoms with Gasteiger partial charge in [0, 0.05) is 29.8 Å². The molecule has 0 spiro atoms. The maximum absolute atomic E-state index is 10.6. The number of aryl methyl sites for hydroxylation is 2. The van der Waals surface area contributed by atoms with Gasteiger partial charge in [-0.15, -0.1) is 0 Å². The van der Waals surface area contributed by atoms with Crippen LogP contribution in [0.5, 0.6) is 0 Å². The van der Waals surface area contributed by atoms with E-state index in [1.807, 2.05) is 0 Å². The minimum atomic E-state index is -5.08. The van der Waals surface area contributed by atoms with Crippen molar-refractivity contribution in [3.05, 3.63) is 30.1 Å². The van der Waals surface area contributed by atoms with E-state index < -0.39 is 32.4 Å². The molecule has 0 N–H and O–H groups in total. The van der Waals surface area contributed by atoms with E-state index in [1.165, 1.54) is 5.69 Å². The van der Waals surface area contributed by atoms with E-state index in [-0.39, 0.29) is 0 Å². The SMILES string of the molecule is CC[n+]1ccccc1C.O=[S-](=O)C(F)(F)F.O=[SH](=O)C(F)(F)F. The molecule has 1 heterocycles.